The molecule has 0 aromatic carbocycles. The molecule has 0 bridgehead atoms. The Kier molecular flexibility index (Phi) is 16.1. The van der Waals surface area contributed by atoms with E-state index >= 15 is 0 Å². The molecule has 1 unspecified atom stereocenters. The normalized spacial score (nSPS) is 46.3. The van der Waals surface area contributed by atoms with Crippen LogP contribution in [0.1, 0.15) is 94.9 Å². The number of nitrogens with zero attached hydrogens (tertiary/aromatic N) is 2. The second-order valence-corrected chi connectivity index (χ2v) is 18.2. The Labute approximate surface area is 344 Å². The first-order chi connectivity index (χ1) is 26.9. The molecule has 0 aliphatic carbocycles. The molecular weight excluding hydrogens is 758 g/mol. The zero-order chi connectivity index (χ0) is 43.7. The number of hydrogen-bond donors (Lipinski definition) is 3. The molecule has 4 rings (SSSR count). The molecule has 336 valence electrons. The van der Waals surface area contributed by atoms with Crippen molar-refractivity contribution in [1.82, 2.24) is 9.80 Å². The van der Waals surface area contributed by atoms with Gasteiger partial charge in [0.2, 0.25) is 0 Å². The van der Waals surface area contributed by atoms with Gasteiger partial charge in [-0.1, -0.05) is 20.8 Å². The smallest absolute Gasteiger partial charge is 0.458 e. The summed E-state index contributed by atoms with van der Waals surface area (Å²) >= 11 is 0. The van der Waals surface area contributed by atoms with Crippen LogP contribution in [0.4, 0.5) is 4.79 Å². The predicted octanol–water partition coefficient (Wildman–Crippen LogP) is 2.59. The Morgan fingerprint density at radius 1 is 1.00 bits per heavy atom. The lowest BCUT2D eigenvalue weighted by molar-refractivity contribution is -0.318. The number of ether oxygens (including phenoxy) is 9. The fourth-order valence-electron chi connectivity index (χ4n) is 9.74. The van der Waals surface area contributed by atoms with Crippen molar-refractivity contribution in [2.45, 2.75) is 185 Å². The van der Waals surface area contributed by atoms with Crippen molar-refractivity contribution >= 4 is 18.1 Å². The summed E-state index contributed by atoms with van der Waals surface area (Å²) in [5, 5.41) is 24.3. The molecule has 0 amide bonds. The topological polar surface area (TPSA) is 207 Å². The van der Waals surface area contributed by atoms with E-state index in [0.29, 0.717) is 19.4 Å². The van der Waals surface area contributed by atoms with E-state index in [2.05, 4.69) is 0 Å². The molecule has 4 saturated heterocycles. The average Bonchev–Trinajstić information content (AvgIpc) is 3.46. The molecule has 4 heterocycles. The van der Waals surface area contributed by atoms with Crippen molar-refractivity contribution in [2.24, 2.45) is 23.5 Å². The largest absolute Gasteiger partial charge is 0.509 e. The van der Waals surface area contributed by atoms with Gasteiger partial charge in [-0.15, -0.1) is 0 Å². The van der Waals surface area contributed by atoms with Crippen LogP contribution >= 0.6 is 0 Å². The minimum Gasteiger partial charge on any atom is -0.458 e. The third-order valence-corrected chi connectivity index (χ3v) is 13.1. The quantitative estimate of drug-likeness (QED) is 0.226. The van der Waals surface area contributed by atoms with E-state index in [1.54, 1.807) is 34.6 Å². The Balaban J connectivity index is 1.83. The molecule has 0 spiro atoms. The summed E-state index contributed by atoms with van der Waals surface area (Å²) in [5.41, 5.74) is 1.57. The summed E-state index contributed by atoms with van der Waals surface area (Å²) in [6.45, 7) is 18.2. The summed E-state index contributed by atoms with van der Waals surface area (Å²) in [6, 6.07) is -0.663. The van der Waals surface area contributed by atoms with E-state index in [-0.39, 0.29) is 43.5 Å². The number of carbonyl (C=O) groups excluding carboxylic acids is 3. The maximum Gasteiger partial charge on any atom is 0.509 e. The van der Waals surface area contributed by atoms with Crippen molar-refractivity contribution in [2.75, 3.05) is 41.3 Å². The Bertz CT molecular complexity index is 1410. The zero-order valence-electron chi connectivity index (χ0n) is 37.2. The maximum absolute atomic E-state index is 14.6. The molecule has 0 aromatic rings. The number of esters is 2. The van der Waals surface area contributed by atoms with Crippen molar-refractivity contribution in [3.05, 3.63) is 0 Å². The van der Waals surface area contributed by atoms with Crippen molar-refractivity contribution in [3.63, 3.8) is 0 Å². The fourth-order valence-corrected chi connectivity index (χ4v) is 9.74. The average molecular weight is 832 g/mol. The molecule has 58 heavy (non-hydrogen) atoms. The number of aliphatic hydroxyl groups excluding tert-OH is 1. The van der Waals surface area contributed by atoms with Gasteiger partial charge in [0.15, 0.2) is 30.4 Å². The maximum atomic E-state index is 14.6. The van der Waals surface area contributed by atoms with Crippen LogP contribution in [0.3, 0.4) is 0 Å². The summed E-state index contributed by atoms with van der Waals surface area (Å²) in [4.78, 5) is 43.6. The molecule has 0 aromatic heterocycles. The van der Waals surface area contributed by atoms with Gasteiger partial charge in [0.05, 0.1) is 42.5 Å². The lowest BCUT2D eigenvalue weighted by Gasteiger charge is -2.49. The number of nitrogens with two attached hydrogens (primary N) is 1. The number of aliphatic hydroxyl groups is 2. The number of cyclic esters (lactones) is 1. The summed E-state index contributed by atoms with van der Waals surface area (Å²) in [7, 11) is 7.17. The van der Waals surface area contributed by atoms with Crippen LogP contribution in [0.25, 0.3) is 0 Å². The molecule has 0 radical (unpaired) electrons. The van der Waals surface area contributed by atoms with Gasteiger partial charge < -0.3 is 63.5 Å². The zero-order valence-corrected chi connectivity index (χ0v) is 37.2. The van der Waals surface area contributed by atoms with Gasteiger partial charge in [-0.25, -0.2) is 4.79 Å². The fraction of sp³-hybridized carbons (Fsp3) is 0.927. The molecule has 17 heteroatoms. The van der Waals surface area contributed by atoms with Crippen LogP contribution in [0, 0.1) is 17.8 Å². The van der Waals surface area contributed by atoms with E-state index in [0.717, 1.165) is 0 Å². The van der Waals surface area contributed by atoms with E-state index in [9.17, 15) is 24.6 Å². The van der Waals surface area contributed by atoms with Gasteiger partial charge in [0, 0.05) is 38.1 Å². The third-order valence-electron chi connectivity index (χ3n) is 13.1. The molecule has 4 N–H and O–H groups in total. The number of hydrogen-bond acceptors (Lipinski definition) is 17. The lowest BCUT2D eigenvalue weighted by Crippen LogP contribution is -2.61. The van der Waals surface area contributed by atoms with Crippen molar-refractivity contribution in [1.29, 1.82) is 0 Å². The Hall–Kier alpha value is -2.19. The monoisotopic (exact) mass is 832 g/mol. The van der Waals surface area contributed by atoms with E-state index in [1.165, 1.54) is 7.11 Å². The van der Waals surface area contributed by atoms with Gasteiger partial charge in [0.1, 0.15) is 17.8 Å². The molecule has 18 atom stereocenters. The van der Waals surface area contributed by atoms with Crippen molar-refractivity contribution in [3.8, 4) is 0 Å². The summed E-state index contributed by atoms with van der Waals surface area (Å²) in [6.07, 6.45) is -8.51. The Morgan fingerprint density at radius 2 is 1.66 bits per heavy atom. The highest BCUT2D eigenvalue weighted by atomic mass is 16.8. The summed E-state index contributed by atoms with van der Waals surface area (Å²) in [5.74, 6) is -3.23. The van der Waals surface area contributed by atoms with Gasteiger partial charge >= 0.3 is 18.1 Å². The van der Waals surface area contributed by atoms with Crippen LogP contribution in [0.2, 0.25) is 0 Å². The highest BCUT2D eigenvalue weighted by Gasteiger charge is 2.58. The van der Waals surface area contributed by atoms with Crippen LogP contribution in [0.15, 0.2) is 0 Å². The third kappa shape index (κ3) is 10.5. The first-order valence-electron chi connectivity index (χ1n) is 20.9. The molecule has 17 nitrogen and oxygen atoms in total. The second-order valence-electron chi connectivity index (χ2n) is 18.2. The van der Waals surface area contributed by atoms with Gasteiger partial charge in [-0.3, -0.25) is 14.5 Å². The number of carbonyl (C=O) groups is 3. The summed E-state index contributed by atoms with van der Waals surface area (Å²) < 4.78 is 55.7. The molecule has 0 saturated carbocycles. The first-order valence-corrected chi connectivity index (χ1v) is 20.9. The Morgan fingerprint density at radius 3 is 2.24 bits per heavy atom. The molecular formula is C41H73N3O14. The van der Waals surface area contributed by atoms with Crippen LogP contribution in [-0.2, 0) is 52.2 Å². The van der Waals surface area contributed by atoms with Crippen molar-refractivity contribution < 1.29 is 67.2 Å². The first kappa shape index (κ1) is 48.5. The SMILES string of the molecule is CC[C@H]1OC(=O)[C@H](C)[C@@H](OC2C[C@@](C)(OC)[C@@H](OC(=O)CN)[C@H](C)O2)[C@H](C)[C@@H](O[C@@H]2O[C@H](C)C[C@H](N(C)C)[C@H]2O)[C@](C)(O)C[C@@H](C)CN(C)[C@H](C)[C@@H]2OC(=O)O[C@]12C. The van der Waals surface area contributed by atoms with Gasteiger partial charge in [-0.05, 0) is 94.8 Å². The number of methoxy groups -OCH3 is 1. The standard InChI is InChI=1S/C41H73N3O14/c1-15-28-41(10)34(57-38(48)58-41)25(6)44(13)20-21(2)17-39(8,49)33(56-37-31(46)27(43(11)12)16-22(3)51-37)23(4)32(24(5)36(47)53-28)55-30-18-40(9,50-14)35(26(7)52-30)54-29(45)19-42/h21-28,30-35,37,46,49H,15-20,42H2,1-14H3/t21-,22-,23+,24-,25-,26+,27+,28-,30?,31-,32+,33-,34+,35+,37+,39-,40-,41-/m1/s1. The predicted molar refractivity (Wildman–Crippen MR) is 210 cm³/mol. The number of fused-ring (bicyclic) bond motifs is 1. The lowest BCUT2D eigenvalue weighted by atomic mass is 9.77. The van der Waals surface area contributed by atoms with Crippen LogP contribution < -0.4 is 5.73 Å². The molecule has 4 fully saturated rings. The minimum absolute atomic E-state index is 0.0849. The highest BCUT2D eigenvalue weighted by molar-refractivity contribution is 5.73. The number of rotatable bonds is 9. The number of likely N-dealkylation sites (N-methyl/N-ethyl adjacent to an activating group) is 2. The minimum atomic E-state index is -1.58. The van der Waals surface area contributed by atoms with Crippen LogP contribution in [-0.4, -0.2) is 170 Å². The van der Waals surface area contributed by atoms with Gasteiger partial charge in [-0.2, -0.15) is 0 Å². The van der Waals surface area contributed by atoms with E-state index in [1.807, 2.05) is 65.6 Å². The molecule has 4 aliphatic heterocycles. The van der Waals surface area contributed by atoms with Gasteiger partial charge in [0.25, 0.3) is 0 Å². The van der Waals surface area contributed by atoms with E-state index in [4.69, 9.17) is 48.4 Å². The second kappa shape index (κ2) is 19.2. The van der Waals surface area contributed by atoms with E-state index < -0.39 is 102 Å². The highest BCUT2D eigenvalue weighted by Crippen LogP contribution is 2.42. The van der Waals surface area contributed by atoms with Crippen LogP contribution in [0.5, 0.6) is 0 Å². The molecule has 4 aliphatic rings.